The largest absolute Gasteiger partial charge is 0.316 e. The number of hydrogen-bond donors (Lipinski definition) is 2. The Labute approximate surface area is 59.4 Å². The van der Waals surface area contributed by atoms with Crippen molar-refractivity contribution in [2.75, 3.05) is 0 Å². The second kappa shape index (κ2) is 2.81. The lowest BCUT2D eigenvalue weighted by atomic mass is 10.3. The number of nitrogens with zero attached hydrogens (tertiary/aromatic N) is 2. The Hall–Kier alpha value is -0.870. The van der Waals surface area contributed by atoms with Crippen molar-refractivity contribution in [1.29, 1.82) is 0 Å². The molecule has 0 aliphatic carbocycles. The van der Waals surface area contributed by atoms with E-state index in [1.165, 1.54) is 0 Å². The molecule has 0 bridgehead atoms. The van der Waals surface area contributed by atoms with Crippen LogP contribution in [0.25, 0.3) is 0 Å². The van der Waals surface area contributed by atoms with Gasteiger partial charge in [-0.3, -0.25) is 4.68 Å². The van der Waals surface area contributed by atoms with Crippen molar-refractivity contribution in [1.82, 2.24) is 15.3 Å². The van der Waals surface area contributed by atoms with Gasteiger partial charge in [-0.15, -0.1) is 0 Å². The smallest absolute Gasteiger partial charge is 0.0538 e. The van der Waals surface area contributed by atoms with E-state index >= 15 is 0 Å². The van der Waals surface area contributed by atoms with Gasteiger partial charge in [0.25, 0.3) is 0 Å². The van der Waals surface area contributed by atoms with Crippen molar-refractivity contribution in [2.24, 2.45) is 7.05 Å². The molecule has 0 radical (unpaired) electrons. The number of aryl methyl sites for hydroxylation is 1. The zero-order valence-corrected chi connectivity index (χ0v) is 6.13. The Morgan fingerprint density at radius 3 is 2.90 bits per heavy atom. The summed E-state index contributed by atoms with van der Waals surface area (Å²) in [4.78, 5) is 0. The van der Waals surface area contributed by atoms with Crippen LogP contribution in [0.1, 0.15) is 11.3 Å². The van der Waals surface area contributed by atoms with Crippen LogP contribution in [-0.2, 0) is 13.6 Å². The van der Waals surface area contributed by atoms with Crippen LogP contribution in [-0.4, -0.2) is 15.0 Å². The molecule has 0 aromatic carbocycles. The van der Waals surface area contributed by atoms with Crippen molar-refractivity contribution in [3.63, 3.8) is 0 Å². The molecule has 0 fully saturated rings. The topological polar surface area (TPSA) is 50.1 Å². The molecule has 4 nitrogen and oxygen atoms in total. The molecule has 0 aliphatic rings. The normalized spacial score (nSPS) is 10.3. The zero-order valence-electron chi connectivity index (χ0n) is 6.13. The summed E-state index contributed by atoms with van der Waals surface area (Å²) in [5.74, 6) is 0. The summed E-state index contributed by atoms with van der Waals surface area (Å²) in [6, 6.07) is 0. The fraction of sp³-hybridized carbons (Fsp3) is 0.500. The third-order valence-electron chi connectivity index (χ3n) is 1.61. The molecule has 2 N–H and O–H groups in total. The maximum Gasteiger partial charge on any atom is 0.0538 e. The Kier molecular flexibility index (Phi) is 2.03. The summed E-state index contributed by atoms with van der Waals surface area (Å²) < 4.78 is 1.77. The third kappa shape index (κ3) is 1.17. The first-order chi connectivity index (χ1) is 4.75. The summed E-state index contributed by atoms with van der Waals surface area (Å²) in [5, 5.41) is 12.4. The molecular weight excluding hydrogens is 130 g/mol. The van der Waals surface area contributed by atoms with Gasteiger partial charge in [0.15, 0.2) is 0 Å². The standard InChI is InChI=1S/C6H11N3O/c1-5-6(4-8-10)3-7-9(5)2/h3,8,10H,4H2,1-2H3. The van der Waals surface area contributed by atoms with Crippen molar-refractivity contribution in [2.45, 2.75) is 13.5 Å². The molecule has 1 heterocycles. The molecule has 0 unspecified atom stereocenters. The maximum absolute atomic E-state index is 8.37. The van der Waals surface area contributed by atoms with Gasteiger partial charge in [-0.1, -0.05) is 0 Å². The molecule has 0 amide bonds. The predicted octanol–water partition coefficient (Wildman–Crippen LogP) is 0.207. The van der Waals surface area contributed by atoms with Crippen LogP contribution in [0.4, 0.5) is 0 Å². The lowest BCUT2D eigenvalue weighted by molar-refractivity contribution is 0.161. The second-order valence-corrected chi connectivity index (χ2v) is 2.21. The van der Waals surface area contributed by atoms with E-state index in [0.717, 1.165) is 11.3 Å². The van der Waals surface area contributed by atoms with Crippen LogP contribution in [0.5, 0.6) is 0 Å². The Bertz CT molecular complexity index is 219. The van der Waals surface area contributed by atoms with Crippen LogP contribution in [0.15, 0.2) is 6.20 Å². The molecule has 0 saturated carbocycles. The van der Waals surface area contributed by atoms with Crippen LogP contribution >= 0.6 is 0 Å². The second-order valence-electron chi connectivity index (χ2n) is 2.21. The quantitative estimate of drug-likeness (QED) is 0.579. The highest BCUT2D eigenvalue weighted by Crippen LogP contribution is 2.03. The van der Waals surface area contributed by atoms with Gasteiger partial charge in [0.05, 0.1) is 6.20 Å². The Morgan fingerprint density at radius 2 is 2.50 bits per heavy atom. The fourth-order valence-corrected chi connectivity index (χ4v) is 0.803. The SMILES string of the molecule is Cc1c(CNO)cnn1C. The lowest BCUT2D eigenvalue weighted by Gasteiger charge is -1.96. The first-order valence-electron chi connectivity index (χ1n) is 3.10. The Balaban J connectivity index is 2.83. The van der Waals surface area contributed by atoms with Gasteiger partial charge < -0.3 is 5.21 Å². The molecule has 1 rings (SSSR count). The summed E-state index contributed by atoms with van der Waals surface area (Å²) in [7, 11) is 1.87. The van der Waals surface area contributed by atoms with E-state index < -0.39 is 0 Å². The summed E-state index contributed by atoms with van der Waals surface area (Å²) in [6.45, 7) is 2.42. The van der Waals surface area contributed by atoms with E-state index in [4.69, 9.17) is 5.21 Å². The predicted molar refractivity (Wildman–Crippen MR) is 36.6 cm³/mol. The van der Waals surface area contributed by atoms with Gasteiger partial charge in [-0.25, -0.2) is 5.48 Å². The molecule has 4 heteroatoms. The summed E-state index contributed by atoms with van der Waals surface area (Å²) in [5.41, 5.74) is 4.17. The minimum atomic E-state index is 0.458. The van der Waals surface area contributed by atoms with Crippen LogP contribution in [0, 0.1) is 6.92 Å². The van der Waals surface area contributed by atoms with E-state index in [0.29, 0.717) is 6.54 Å². The number of hydroxylamine groups is 1. The minimum absolute atomic E-state index is 0.458. The highest BCUT2D eigenvalue weighted by molar-refractivity contribution is 5.14. The minimum Gasteiger partial charge on any atom is -0.316 e. The highest BCUT2D eigenvalue weighted by atomic mass is 16.5. The van der Waals surface area contributed by atoms with Gasteiger partial charge in [0.1, 0.15) is 0 Å². The van der Waals surface area contributed by atoms with E-state index in [-0.39, 0.29) is 0 Å². The number of hydrogen-bond acceptors (Lipinski definition) is 3. The van der Waals surface area contributed by atoms with E-state index in [9.17, 15) is 0 Å². The first kappa shape index (κ1) is 7.24. The molecule has 0 aliphatic heterocycles. The molecular formula is C6H11N3O. The van der Waals surface area contributed by atoms with Crippen LogP contribution in [0.3, 0.4) is 0 Å². The van der Waals surface area contributed by atoms with Gasteiger partial charge >= 0.3 is 0 Å². The highest BCUT2D eigenvalue weighted by Gasteiger charge is 2.00. The lowest BCUT2D eigenvalue weighted by Crippen LogP contribution is -2.06. The maximum atomic E-state index is 8.37. The number of rotatable bonds is 2. The van der Waals surface area contributed by atoms with E-state index in [1.54, 1.807) is 10.9 Å². The average Bonchev–Trinajstić information content (AvgIpc) is 2.20. The van der Waals surface area contributed by atoms with Crippen molar-refractivity contribution in [3.8, 4) is 0 Å². The van der Waals surface area contributed by atoms with Gasteiger partial charge in [-0.2, -0.15) is 5.10 Å². The van der Waals surface area contributed by atoms with Crippen molar-refractivity contribution >= 4 is 0 Å². The van der Waals surface area contributed by atoms with E-state index in [2.05, 4.69) is 10.6 Å². The monoisotopic (exact) mass is 141 g/mol. The molecule has 0 atom stereocenters. The molecule has 10 heavy (non-hydrogen) atoms. The van der Waals surface area contributed by atoms with Gasteiger partial charge in [-0.05, 0) is 6.92 Å². The Morgan fingerprint density at radius 1 is 1.80 bits per heavy atom. The van der Waals surface area contributed by atoms with Gasteiger partial charge in [0, 0.05) is 24.8 Å². The average molecular weight is 141 g/mol. The zero-order chi connectivity index (χ0) is 7.56. The summed E-state index contributed by atoms with van der Waals surface area (Å²) >= 11 is 0. The summed E-state index contributed by atoms with van der Waals surface area (Å²) in [6.07, 6.45) is 1.73. The molecule has 1 aromatic rings. The molecule has 1 aromatic heterocycles. The van der Waals surface area contributed by atoms with Crippen molar-refractivity contribution < 1.29 is 5.21 Å². The molecule has 56 valence electrons. The first-order valence-corrected chi connectivity index (χ1v) is 3.10. The van der Waals surface area contributed by atoms with Gasteiger partial charge in [0.2, 0.25) is 0 Å². The van der Waals surface area contributed by atoms with Crippen molar-refractivity contribution in [3.05, 3.63) is 17.5 Å². The fourth-order valence-electron chi connectivity index (χ4n) is 0.803. The van der Waals surface area contributed by atoms with Crippen LogP contribution in [0.2, 0.25) is 0 Å². The number of nitrogens with one attached hydrogen (secondary N) is 1. The van der Waals surface area contributed by atoms with E-state index in [1.807, 2.05) is 14.0 Å². The number of aromatic nitrogens is 2. The molecule has 0 spiro atoms. The van der Waals surface area contributed by atoms with Crippen LogP contribution < -0.4 is 5.48 Å². The molecule has 0 saturated heterocycles. The third-order valence-corrected chi connectivity index (χ3v) is 1.61.